The summed E-state index contributed by atoms with van der Waals surface area (Å²) >= 11 is 1.41. The van der Waals surface area contributed by atoms with E-state index in [9.17, 15) is 9.90 Å². The largest absolute Gasteiger partial charge is 0.508 e. The molecule has 70 valence electrons. The molecule has 1 N–H and O–H groups in total. The van der Waals surface area contributed by atoms with Crippen LogP contribution in [0.5, 0.6) is 5.75 Å². The van der Waals surface area contributed by atoms with Gasteiger partial charge >= 0.3 is 0 Å². The lowest BCUT2D eigenvalue weighted by atomic mass is 10.2. The normalized spacial score (nSPS) is 10.6. The summed E-state index contributed by atoms with van der Waals surface area (Å²) in [6.45, 7) is 7.40. The van der Waals surface area contributed by atoms with Gasteiger partial charge < -0.3 is 5.11 Å². The van der Waals surface area contributed by atoms with Gasteiger partial charge in [0.15, 0.2) is 5.43 Å². The fourth-order valence-electron chi connectivity index (χ4n) is 1.27. The molecule has 0 amide bonds. The molecule has 2 aromatic rings. The molecule has 0 unspecified atom stereocenters. The number of hydrogen-bond acceptors (Lipinski definition) is 3. The third kappa shape index (κ3) is 1.22. The minimum absolute atomic E-state index is 0.0954. The second-order valence-corrected chi connectivity index (χ2v) is 4.15. The van der Waals surface area contributed by atoms with Crippen LogP contribution in [0.25, 0.3) is 23.2 Å². The minimum atomic E-state index is -0.153. The summed E-state index contributed by atoms with van der Waals surface area (Å²) in [5, 5.41) is 10.2. The van der Waals surface area contributed by atoms with Gasteiger partial charge in [0.05, 0.1) is 0 Å². The summed E-state index contributed by atoms with van der Waals surface area (Å²) < 4.78 is 1.50. The molecule has 2 nitrogen and oxygen atoms in total. The van der Waals surface area contributed by atoms with Crippen LogP contribution < -0.4 is 15.2 Å². The maximum absolute atomic E-state index is 11.7. The van der Waals surface area contributed by atoms with Gasteiger partial charge in [-0.1, -0.05) is 13.2 Å². The SMILES string of the molecule is C=c1sc2ccc(O)cc2c(=O)c1=C. The summed E-state index contributed by atoms with van der Waals surface area (Å²) in [5.41, 5.74) is -0.153. The van der Waals surface area contributed by atoms with Crippen molar-refractivity contribution in [2.75, 3.05) is 0 Å². The first kappa shape index (κ1) is 8.97. The molecule has 0 fully saturated rings. The lowest BCUT2D eigenvalue weighted by Crippen LogP contribution is -2.34. The first-order chi connectivity index (χ1) is 6.59. The van der Waals surface area contributed by atoms with Crippen molar-refractivity contribution in [1.82, 2.24) is 0 Å². The fourth-order valence-corrected chi connectivity index (χ4v) is 2.15. The zero-order chi connectivity index (χ0) is 10.3. The van der Waals surface area contributed by atoms with Gasteiger partial charge in [-0.05, 0) is 18.2 Å². The molecule has 0 saturated heterocycles. The second kappa shape index (κ2) is 2.96. The van der Waals surface area contributed by atoms with E-state index in [1.165, 1.54) is 17.4 Å². The Balaban J connectivity index is 3.15. The molecule has 1 aromatic heterocycles. The topological polar surface area (TPSA) is 37.3 Å². The van der Waals surface area contributed by atoms with Gasteiger partial charge in [-0.2, -0.15) is 0 Å². The summed E-state index contributed by atoms with van der Waals surface area (Å²) in [5.74, 6) is 0.0954. The predicted molar refractivity (Wildman–Crippen MR) is 60.1 cm³/mol. The summed E-state index contributed by atoms with van der Waals surface area (Å²) in [6, 6.07) is 4.73. The molecule has 0 saturated carbocycles. The zero-order valence-electron chi connectivity index (χ0n) is 7.41. The number of rotatable bonds is 0. The molecule has 3 heteroatoms. The molecule has 2 rings (SSSR count). The van der Waals surface area contributed by atoms with Gasteiger partial charge in [-0.3, -0.25) is 4.79 Å². The van der Waals surface area contributed by atoms with Gasteiger partial charge in [0.25, 0.3) is 0 Å². The maximum Gasteiger partial charge on any atom is 0.195 e. The summed E-state index contributed by atoms with van der Waals surface area (Å²) in [7, 11) is 0. The van der Waals surface area contributed by atoms with E-state index in [2.05, 4.69) is 13.2 Å². The quantitative estimate of drug-likeness (QED) is 0.689. The van der Waals surface area contributed by atoms with E-state index in [1.807, 2.05) is 0 Å². The average molecular weight is 204 g/mol. The van der Waals surface area contributed by atoms with Crippen molar-refractivity contribution in [2.24, 2.45) is 0 Å². The highest BCUT2D eigenvalue weighted by Crippen LogP contribution is 2.17. The smallest absolute Gasteiger partial charge is 0.195 e. The van der Waals surface area contributed by atoms with Crippen molar-refractivity contribution >= 4 is 34.6 Å². The van der Waals surface area contributed by atoms with Crippen LogP contribution in [0.3, 0.4) is 0 Å². The van der Waals surface area contributed by atoms with E-state index >= 15 is 0 Å². The number of fused-ring (bicyclic) bond motifs is 1. The molecule has 0 atom stereocenters. The Hall–Kier alpha value is -1.61. The van der Waals surface area contributed by atoms with E-state index in [0.717, 1.165) is 4.70 Å². The van der Waals surface area contributed by atoms with Crippen LogP contribution in [0.1, 0.15) is 0 Å². The van der Waals surface area contributed by atoms with Crippen molar-refractivity contribution < 1.29 is 5.11 Å². The molecular formula is C11H8O2S. The van der Waals surface area contributed by atoms with Gasteiger partial charge in [0.1, 0.15) is 5.75 Å². The molecule has 0 aliphatic rings. The molecule has 0 radical (unpaired) electrons. The zero-order valence-corrected chi connectivity index (χ0v) is 8.23. The van der Waals surface area contributed by atoms with Gasteiger partial charge in [-0.15, -0.1) is 11.3 Å². The molecular weight excluding hydrogens is 196 g/mol. The van der Waals surface area contributed by atoms with Crippen LogP contribution in [-0.2, 0) is 0 Å². The first-order valence-electron chi connectivity index (χ1n) is 4.03. The fraction of sp³-hybridized carbons (Fsp3) is 0. The lowest BCUT2D eigenvalue weighted by Gasteiger charge is -1.96. The lowest BCUT2D eigenvalue weighted by molar-refractivity contribution is 0.476. The molecule has 0 spiro atoms. The van der Waals surface area contributed by atoms with Crippen LogP contribution >= 0.6 is 11.3 Å². The Labute approximate surface area is 84.1 Å². The van der Waals surface area contributed by atoms with Crippen LogP contribution in [0.2, 0.25) is 0 Å². The Morgan fingerprint density at radius 3 is 2.71 bits per heavy atom. The average Bonchev–Trinajstić information content (AvgIpc) is 2.16. The third-order valence-corrected chi connectivity index (χ3v) is 3.12. The molecule has 0 bridgehead atoms. The van der Waals surface area contributed by atoms with Crippen molar-refractivity contribution in [1.29, 1.82) is 0 Å². The standard InChI is InChI=1S/C11H8O2S/c1-6-7(2)14-10-4-3-8(12)5-9(10)11(6)13/h3-5,12H,1-2H2. The van der Waals surface area contributed by atoms with Crippen molar-refractivity contribution in [3.63, 3.8) is 0 Å². The highest BCUT2D eigenvalue weighted by molar-refractivity contribution is 7.16. The predicted octanol–water partition coefficient (Wildman–Crippen LogP) is 0.788. The van der Waals surface area contributed by atoms with Gasteiger partial charge in [-0.25, -0.2) is 0 Å². The van der Waals surface area contributed by atoms with E-state index in [4.69, 9.17) is 0 Å². The molecule has 1 heterocycles. The van der Waals surface area contributed by atoms with Crippen LogP contribution in [0.15, 0.2) is 23.0 Å². The van der Waals surface area contributed by atoms with Crippen molar-refractivity contribution in [3.8, 4) is 5.75 Å². The Kier molecular flexibility index (Phi) is 1.89. The minimum Gasteiger partial charge on any atom is -0.508 e. The molecule has 0 aliphatic carbocycles. The Bertz CT molecular complexity index is 655. The number of hydrogen-bond donors (Lipinski definition) is 1. The number of benzene rings is 1. The van der Waals surface area contributed by atoms with E-state index < -0.39 is 0 Å². The van der Waals surface area contributed by atoms with E-state index in [0.29, 0.717) is 15.1 Å². The van der Waals surface area contributed by atoms with Crippen molar-refractivity contribution in [2.45, 2.75) is 0 Å². The van der Waals surface area contributed by atoms with Crippen LogP contribution in [0, 0.1) is 0 Å². The summed E-state index contributed by atoms with van der Waals surface area (Å²) in [6.07, 6.45) is 0. The number of phenols is 1. The monoisotopic (exact) mass is 204 g/mol. The van der Waals surface area contributed by atoms with Crippen LogP contribution in [0.4, 0.5) is 0 Å². The van der Waals surface area contributed by atoms with E-state index in [1.54, 1.807) is 12.1 Å². The Morgan fingerprint density at radius 2 is 2.00 bits per heavy atom. The number of aromatic hydroxyl groups is 1. The highest BCUT2D eigenvalue weighted by atomic mass is 32.1. The third-order valence-electron chi connectivity index (χ3n) is 2.05. The molecule has 0 aliphatic heterocycles. The first-order valence-corrected chi connectivity index (χ1v) is 4.85. The maximum atomic E-state index is 11.7. The summed E-state index contributed by atoms with van der Waals surface area (Å²) in [4.78, 5) is 11.7. The van der Waals surface area contributed by atoms with Gasteiger partial charge in [0, 0.05) is 19.8 Å². The number of phenolic OH excluding ortho intramolecular Hbond substituents is 1. The van der Waals surface area contributed by atoms with Crippen molar-refractivity contribution in [3.05, 3.63) is 38.2 Å². The highest BCUT2D eigenvalue weighted by Gasteiger charge is 2.01. The molecule has 1 aromatic carbocycles. The van der Waals surface area contributed by atoms with E-state index in [-0.39, 0.29) is 11.2 Å². The Morgan fingerprint density at radius 1 is 1.29 bits per heavy atom. The second-order valence-electron chi connectivity index (χ2n) is 3.01. The van der Waals surface area contributed by atoms with Crippen LogP contribution in [-0.4, -0.2) is 5.11 Å². The van der Waals surface area contributed by atoms with Gasteiger partial charge in [0.2, 0.25) is 0 Å². The molecule has 14 heavy (non-hydrogen) atoms.